The summed E-state index contributed by atoms with van der Waals surface area (Å²) in [5.41, 5.74) is 2.41. The fraction of sp³-hybridized carbons (Fsp3) is 0.231. The Bertz CT molecular complexity index is 1490. The topological polar surface area (TPSA) is 120 Å². The van der Waals surface area contributed by atoms with Crippen molar-refractivity contribution in [3.8, 4) is 11.6 Å². The minimum Gasteiger partial charge on any atom is -0.494 e. The molecule has 2 aromatic carbocycles. The summed E-state index contributed by atoms with van der Waals surface area (Å²) in [6, 6.07) is 12.6. The molecule has 1 amide bonds. The zero-order chi connectivity index (χ0) is 26.5. The van der Waals surface area contributed by atoms with E-state index in [2.05, 4.69) is 37.2 Å². The van der Waals surface area contributed by atoms with Gasteiger partial charge in [0, 0.05) is 38.5 Å². The lowest BCUT2D eigenvalue weighted by molar-refractivity contribution is -0.111. The molecule has 2 heterocycles. The summed E-state index contributed by atoms with van der Waals surface area (Å²) in [5, 5.41) is 9.43. The Labute approximate surface area is 214 Å². The van der Waals surface area contributed by atoms with Gasteiger partial charge in [-0.05, 0) is 38.4 Å². The quantitative estimate of drug-likeness (QED) is 0.283. The number of anilines is 4. The number of ether oxygens (including phenoxy) is 1. The van der Waals surface area contributed by atoms with Gasteiger partial charge in [0.2, 0.25) is 11.9 Å². The summed E-state index contributed by atoms with van der Waals surface area (Å²) in [6.45, 7) is 5.11. The lowest BCUT2D eigenvalue weighted by Crippen LogP contribution is -2.29. The highest BCUT2D eigenvalue weighted by Gasteiger charge is 2.17. The molecule has 0 bridgehead atoms. The monoisotopic (exact) mass is 502 g/mol. The van der Waals surface area contributed by atoms with Gasteiger partial charge in [-0.15, -0.1) is 0 Å². The van der Waals surface area contributed by atoms with E-state index in [0.717, 1.165) is 18.8 Å². The first-order valence-corrected chi connectivity index (χ1v) is 11.6. The molecule has 0 saturated carbocycles. The summed E-state index contributed by atoms with van der Waals surface area (Å²) >= 11 is 0. The Hall–Kier alpha value is -4.64. The van der Waals surface area contributed by atoms with Crippen LogP contribution in [0.2, 0.25) is 0 Å². The smallest absolute Gasteiger partial charge is 0.272 e. The number of nitrogens with one attached hydrogen (secondary N) is 3. The van der Waals surface area contributed by atoms with Gasteiger partial charge in [0.05, 0.1) is 35.1 Å². The van der Waals surface area contributed by atoms with Crippen LogP contribution in [-0.2, 0) is 4.79 Å². The van der Waals surface area contributed by atoms with Crippen LogP contribution in [0.15, 0.2) is 66.1 Å². The van der Waals surface area contributed by atoms with Gasteiger partial charge in [0.1, 0.15) is 5.75 Å². The molecule has 0 radical (unpaired) electrons. The number of H-pyrrole nitrogens is 1. The molecule has 11 nitrogen and oxygen atoms in total. The van der Waals surface area contributed by atoms with Gasteiger partial charge < -0.3 is 25.2 Å². The summed E-state index contributed by atoms with van der Waals surface area (Å²) in [5.74, 6) is 0.969. The molecule has 0 aliphatic heterocycles. The summed E-state index contributed by atoms with van der Waals surface area (Å²) < 4.78 is 7.27. The molecule has 2 aromatic heterocycles. The van der Waals surface area contributed by atoms with Crippen molar-refractivity contribution >= 4 is 39.8 Å². The molecule has 0 fully saturated rings. The van der Waals surface area contributed by atoms with Crippen molar-refractivity contribution in [3.05, 3.63) is 71.7 Å². The van der Waals surface area contributed by atoms with Crippen LogP contribution in [0.5, 0.6) is 5.75 Å². The molecule has 0 aliphatic carbocycles. The number of likely N-dealkylation sites (N-methyl/N-ethyl adjacent to an activating group) is 2. The van der Waals surface area contributed by atoms with Crippen molar-refractivity contribution in [1.29, 1.82) is 0 Å². The number of benzene rings is 2. The van der Waals surface area contributed by atoms with Gasteiger partial charge in [-0.1, -0.05) is 18.7 Å². The number of hydrogen-bond donors (Lipinski definition) is 3. The maximum Gasteiger partial charge on any atom is 0.272 e. The maximum atomic E-state index is 12.4. The average Bonchev–Trinajstić information content (AvgIpc) is 3.24. The number of carbonyl (C=O) groups excluding carboxylic acids is 1. The number of para-hydroxylation sites is 1. The highest BCUT2D eigenvalue weighted by atomic mass is 16.5. The molecule has 4 aromatic rings. The second kappa shape index (κ2) is 11.0. The van der Waals surface area contributed by atoms with E-state index in [0.29, 0.717) is 33.8 Å². The SMILES string of the molecule is C=CC(=O)Nc1cc(Nc2nccc(-n3[nH]c(=O)c4ccccc43)n2)c(OC)cc1N(C)CCN(C)C. The standard InChI is InChI=1S/C26H30N8O3/c1-6-24(35)28-18-15-19(22(37-5)16-21(18)33(4)14-13-32(2)3)29-26-27-12-11-23(30-26)34-20-10-8-7-9-17(20)25(36)31-34/h6-12,15-16H,1,13-14H2,2-5H3,(H,28,35)(H,31,36)(H,27,29,30). The molecule has 0 saturated heterocycles. The molecule has 0 aliphatic rings. The Morgan fingerprint density at radius 3 is 2.68 bits per heavy atom. The zero-order valence-electron chi connectivity index (χ0n) is 21.3. The third-order valence-corrected chi connectivity index (χ3v) is 5.77. The van der Waals surface area contributed by atoms with Gasteiger partial charge in [0.25, 0.3) is 5.56 Å². The zero-order valence-corrected chi connectivity index (χ0v) is 21.3. The number of amides is 1. The summed E-state index contributed by atoms with van der Waals surface area (Å²) in [7, 11) is 7.52. The molecule has 0 unspecified atom stereocenters. The number of fused-ring (bicyclic) bond motifs is 1. The van der Waals surface area contributed by atoms with Crippen LogP contribution in [0.1, 0.15) is 0 Å². The first kappa shape index (κ1) is 25.5. The average molecular weight is 503 g/mol. The summed E-state index contributed by atoms with van der Waals surface area (Å²) in [6.07, 6.45) is 2.81. The highest BCUT2D eigenvalue weighted by molar-refractivity contribution is 6.02. The van der Waals surface area contributed by atoms with E-state index in [1.165, 1.54) is 6.08 Å². The van der Waals surface area contributed by atoms with Crippen molar-refractivity contribution in [1.82, 2.24) is 24.6 Å². The van der Waals surface area contributed by atoms with E-state index in [1.807, 2.05) is 50.3 Å². The lowest BCUT2D eigenvalue weighted by atomic mass is 10.2. The number of methoxy groups -OCH3 is 1. The van der Waals surface area contributed by atoms with E-state index in [4.69, 9.17) is 4.74 Å². The van der Waals surface area contributed by atoms with Crippen LogP contribution in [-0.4, -0.2) is 71.9 Å². The van der Waals surface area contributed by atoms with Crippen molar-refractivity contribution in [2.24, 2.45) is 0 Å². The highest BCUT2D eigenvalue weighted by Crippen LogP contribution is 2.38. The number of nitrogens with zero attached hydrogens (tertiary/aromatic N) is 5. The van der Waals surface area contributed by atoms with Crippen LogP contribution >= 0.6 is 0 Å². The molecular formula is C26H30N8O3. The third kappa shape index (κ3) is 5.62. The molecule has 192 valence electrons. The van der Waals surface area contributed by atoms with Crippen molar-refractivity contribution in [2.45, 2.75) is 0 Å². The first-order valence-electron chi connectivity index (χ1n) is 11.6. The van der Waals surface area contributed by atoms with Crippen LogP contribution in [0.4, 0.5) is 23.0 Å². The molecule has 11 heteroatoms. The Kier molecular flexibility index (Phi) is 7.54. The largest absolute Gasteiger partial charge is 0.494 e. The minimum absolute atomic E-state index is 0.207. The van der Waals surface area contributed by atoms with Crippen LogP contribution < -0.4 is 25.8 Å². The van der Waals surface area contributed by atoms with Crippen LogP contribution in [0.25, 0.3) is 16.7 Å². The number of rotatable bonds is 10. The summed E-state index contributed by atoms with van der Waals surface area (Å²) in [4.78, 5) is 37.6. The molecule has 0 atom stereocenters. The van der Waals surface area contributed by atoms with Crippen molar-refractivity contribution < 1.29 is 9.53 Å². The fourth-order valence-electron chi connectivity index (χ4n) is 3.82. The molecule has 3 N–H and O–H groups in total. The van der Waals surface area contributed by atoms with E-state index in [-0.39, 0.29) is 17.4 Å². The second-order valence-electron chi connectivity index (χ2n) is 8.64. The van der Waals surface area contributed by atoms with E-state index in [1.54, 1.807) is 36.2 Å². The van der Waals surface area contributed by atoms with Crippen molar-refractivity contribution in [2.75, 3.05) is 56.9 Å². The number of carbonyl (C=O) groups is 1. The maximum absolute atomic E-state index is 12.4. The molecular weight excluding hydrogens is 472 g/mol. The number of aromatic nitrogens is 4. The molecule has 37 heavy (non-hydrogen) atoms. The predicted octanol–water partition coefficient (Wildman–Crippen LogP) is 2.98. The minimum atomic E-state index is -0.333. The number of aromatic amines is 1. The van der Waals surface area contributed by atoms with Gasteiger partial charge in [-0.2, -0.15) is 4.98 Å². The number of hydrogen-bond acceptors (Lipinski definition) is 8. The van der Waals surface area contributed by atoms with Crippen LogP contribution in [0, 0.1) is 0 Å². The van der Waals surface area contributed by atoms with E-state index >= 15 is 0 Å². The normalized spacial score (nSPS) is 10.9. The second-order valence-corrected chi connectivity index (χ2v) is 8.64. The van der Waals surface area contributed by atoms with E-state index in [9.17, 15) is 9.59 Å². The molecule has 4 rings (SSSR count). The third-order valence-electron chi connectivity index (χ3n) is 5.77. The van der Waals surface area contributed by atoms with Gasteiger partial charge >= 0.3 is 0 Å². The van der Waals surface area contributed by atoms with E-state index < -0.39 is 0 Å². The van der Waals surface area contributed by atoms with Crippen molar-refractivity contribution in [3.63, 3.8) is 0 Å². The van der Waals surface area contributed by atoms with Gasteiger partial charge in [-0.3, -0.25) is 14.7 Å². The molecule has 0 spiro atoms. The Balaban J connectivity index is 1.71. The fourth-order valence-corrected chi connectivity index (χ4v) is 3.82. The Morgan fingerprint density at radius 2 is 1.95 bits per heavy atom. The van der Waals surface area contributed by atoms with Gasteiger partial charge in [-0.25, -0.2) is 9.67 Å². The van der Waals surface area contributed by atoms with Gasteiger partial charge in [0.15, 0.2) is 5.82 Å². The van der Waals surface area contributed by atoms with Crippen LogP contribution in [0.3, 0.4) is 0 Å². The predicted molar refractivity (Wildman–Crippen MR) is 146 cm³/mol. The lowest BCUT2D eigenvalue weighted by Gasteiger charge is -2.26. The first-order chi connectivity index (χ1) is 17.8. The Morgan fingerprint density at radius 1 is 1.16 bits per heavy atom.